The van der Waals surface area contributed by atoms with E-state index in [1.807, 2.05) is 0 Å². The second-order valence-corrected chi connectivity index (χ2v) is 7.26. The van der Waals surface area contributed by atoms with Gasteiger partial charge in [0.05, 0.1) is 0 Å². The molecule has 4 heteroatoms. The smallest absolute Gasteiger partial charge is 0.0487 e. The van der Waals surface area contributed by atoms with Crippen LogP contribution in [0.4, 0.5) is 0 Å². The van der Waals surface area contributed by atoms with Crippen LogP contribution in [0.15, 0.2) is 28.7 Å². The number of halogens is 1. The van der Waals surface area contributed by atoms with Crippen molar-refractivity contribution in [2.75, 3.05) is 33.2 Å². The number of piperidine rings is 3. The maximum Gasteiger partial charge on any atom is 0.0487 e. The number of fused-ring (bicyclic) bond motifs is 3. The van der Waals surface area contributed by atoms with Gasteiger partial charge in [-0.15, -0.1) is 0 Å². The molecule has 0 aromatic heterocycles. The Morgan fingerprint density at radius 3 is 2.70 bits per heavy atom. The fraction of sp³-hybridized carbons (Fsp3) is 0.625. The highest BCUT2D eigenvalue weighted by Crippen LogP contribution is 2.39. The molecule has 3 heterocycles. The molecule has 3 saturated heterocycles. The van der Waals surface area contributed by atoms with E-state index in [9.17, 15) is 0 Å². The lowest BCUT2D eigenvalue weighted by atomic mass is 9.71. The number of hydrogen-bond donors (Lipinski definition) is 1. The van der Waals surface area contributed by atoms with E-state index in [-0.39, 0.29) is 5.54 Å². The van der Waals surface area contributed by atoms with Crippen molar-refractivity contribution in [2.24, 2.45) is 11.7 Å². The lowest BCUT2D eigenvalue weighted by molar-refractivity contribution is -0.0596. The Balaban J connectivity index is 1.79. The van der Waals surface area contributed by atoms with Gasteiger partial charge in [0.1, 0.15) is 0 Å². The summed E-state index contributed by atoms with van der Waals surface area (Å²) in [6.07, 6.45) is 2.61. The normalized spacial score (nSPS) is 32.8. The Kier molecular flexibility index (Phi) is 4.18. The van der Waals surface area contributed by atoms with Gasteiger partial charge in [-0.1, -0.05) is 28.1 Å². The molecule has 3 aliphatic rings. The first kappa shape index (κ1) is 14.5. The van der Waals surface area contributed by atoms with E-state index in [0.717, 1.165) is 30.0 Å². The summed E-state index contributed by atoms with van der Waals surface area (Å²) in [5.41, 5.74) is 7.75. The SMILES string of the molecule is CN(Cc1cccc(Br)c1)C1(CN)CN2CCC1CC2. The van der Waals surface area contributed by atoms with Gasteiger partial charge in [-0.2, -0.15) is 0 Å². The molecule has 1 unspecified atom stereocenters. The standard InChI is InChI=1S/C16H24BrN3/c1-19(10-13-3-2-4-15(17)9-13)16(11-18)12-20-7-5-14(16)6-8-20/h2-4,9,14H,5-8,10-12,18H2,1H3. The number of benzene rings is 1. The molecule has 0 amide bonds. The van der Waals surface area contributed by atoms with E-state index >= 15 is 0 Å². The Morgan fingerprint density at radius 2 is 2.15 bits per heavy atom. The molecular formula is C16H24BrN3. The summed E-state index contributed by atoms with van der Waals surface area (Å²) in [6.45, 7) is 5.40. The van der Waals surface area contributed by atoms with Crippen LogP contribution in [0, 0.1) is 5.92 Å². The largest absolute Gasteiger partial charge is 0.329 e. The molecular weight excluding hydrogens is 314 g/mol. The highest BCUT2D eigenvalue weighted by atomic mass is 79.9. The van der Waals surface area contributed by atoms with Crippen molar-refractivity contribution in [2.45, 2.75) is 24.9 Å². The molecule has 3 fully saturated rings. The summed E-state index contributed by atoms with van der Waals surface area (Å²) >= 11 is 3.56. The summed E-state index contributed by atoms with van der Waals surface area (Å²) in [5, 5.41) is 0. The minimum Gasteiger partial charge on any atom is -0.329 e. The highest BCUT2D eigenvalue weighted by molar-refractivity contribution is 9.10. The van der Waals surface area contributed by atoms with Gasteiger partial charge < -0.3 is 10.6 Å². The monoisotopic (exact) mass is 337 g/mol. The zero-order chi connectivity index (χ0) is 14.2. The molecule has 0 spiro atoms. The average Bonchev–Trinajstić information content (AvgIpc) is 2.48. The van der Waals surface area contributed by atoms with Crippen molar-refractivity contribution in [1.29, 1.82) is 0 Å². The van der Waals surface area contributed by atoms with E-state index < -0.39 is 0 Å². The third-order valence-corrected chi connectivity index (χ3v) is 5.76. The second kappa shape index (κ2) is 5.76. The van der Waals surface area contributed by atoms with Crippen molar-refractivity contribution < 1.29 is 0 Å². The van der Waals surface area contributed by atoms with Gasteiger partial charge in [0, 0.05) is 29.6 Å². The summed E-state index contributed by atoms with van der Waals surface area (Å²) < 4.78 is 1.15. The fourth-order valence-electron chi connectivity index (χ4n) is 4.03. The predicted octanol–water partition coefficient (Wildman–Crippen LogP) is 2.30. The lowest BCUT2D eigenvalue weighted by Crippen LogP contribution is -2.69. The molecule has 0 radical (unpaired) electrons. The van der Waals surface area contributed by atoms with Crippen molar-refractivity contribution in [3.8, 4) is 0 Å². The fourth-order valence-corrected chi connectivity index (χ4v) is 4.48. The Labute approximate surface area is 130 Å². The summed E-state index contributed by atoms with van der Waals surface area (Å²) in [5.74, 6) is 0.759. The van der Waals surface area contributed by atoms with E-state index in [4.69, 9.17) is 5.73 Å². The lowest BCUT2D eigenvalue weighted by Gasteiger charge is -2.57. The van der Waals surface area contributed by atoms with Crippen LogP contribution in [0.2, 0.25) is 0 Å². The van der Waals surface area contributed by atoms with Crippen LogP contribution in [0.3, 0.4) is 0 Å². The number of likely N-dealkylation sites (N-methyl/N-ethyl adjacent to an activating group) is 1. The van der Waals surface area contributed by atoms with Crippen molar-refractivity contribution in [1.82, 2.24) is 9.80 Å². The minimum atomic E-state index is 0.165. The Morgan fingerprint density at radius 1 is 1.40 bits per heavy atom. The van der Waals surface area contributed by atoms with Gasteiger partial charge in [0.25, 0.3) is 0 Å². The van der Waals surface area contributed by atoms with Crippen molar-refractivity contribution in [3.63, 3.8) is 0 Å². The Hall–Kier alpha value is -0.420. The van der Waals surface area contributed by atoms with E-state index in [1.54, 1.807) is 0 Å². The maximum atomic E-state index is 6.23. The van der Waals surface area contributed by atoms with Gasteiger partial charge in [0.2, 0.25) is 0 Å². The summed E-state index contributed by atoms with van der Waals surface area (Å²) in [6, 6.07) is 8.60. The first-order valence-electron chi connectivity index (χ1n) is 7.52. The molecule has 0 aliphatic carbocycles. The molecule has 1 aromatic rings. The van der Waals surface area contributed by atoms with Gasteiger partial charge in [0.15, 0.2) is 0 Å². The topological polar surface area (TPSA) is 32.5 Å². The molecule has 110 valence electrons. The average molecular weight is 338 g/mol. The molecule has 1 aromatic carbocycles. The number of nitrogens with zero attached hydrogens (tertiary/aromatic N) is 2. The molecule has 4 rings (SSSR count). The molecule has 2 N–H and O–H groups in total. The van der Waals surface area contributed by atoms with Crippen molar-refractivity contribution >= 4 is 15.9 Å². The number of nitrogens with two attached hydrogens (primary N) is 1. The van der Waals surface area contributed by atoms with Gasteiger partial charge in [-0.05, 0) is 56.6 Å². The molecule has 0 saturated carbocycles. The van der Waals surface area contributed by atoms with Crippen LogP contribution in [0.5, 0.6) is 0 Å². The molecule has 20 heavy (non-hydrogen) atoms. The second-order valence-electron chi connectivity index (χ2n) is 6.34. The third kappa shape index (κ3) is 2.54. The van der Waals surface area contributed by atoms with Crippen LogP contribution in [-0.4, -0.2) is 48.6 Å². The molecule has 1 atom stereocenters. The van der Waals surface area contributed by atoms with Gasteiger partial charge in [-0.3, -0.25) is 4.90 Å². The quantitative estimate of drug-likeness (QED) is 0.914. The molecule has 3 aliphatic heterocycles. The summed E-state index contributed by atoms with van der Waals surface area (Å²) in [7, 11) is 2.25. The van der Waals surface area contributed by atoms with Crippen LogP contribution in [-0.2, 0) is 6.54 Å². The van der Waals surface area contributed by atoms with Crippen LogP contribution < -0.4 is 5.73 Å². The first-order valence-corrected chi connectivity index (χ1v) is 8.31. The van der Waals surface area contributed by atoms with E-state index in [1.165, 1.54) is 31.5 Å². The van der Waals surface area contributed by atoms with Crippen LogP contribution in [0.1, 0.15) is 18.4 Å². The van der Waals surface area contributed by atoms with Crippen LogP contribution in [0.25, 0.3) is 0 Å². The first-order chi connectivity index (χ1) is 9.64. The number of hydrogen-bond acceptors (Lipinski definition) is 3. The van der Waals surface area contributed by atoms with Crippen molar-refractivity contribution in [3.05, 3.63) is 34.3 Å². The highest BCUT2D eigenvalue weighted by Gasteiger charge is 2.48. The maximum absolute atomic E-state index is 6.23. The zero-order valence-electron chi connectivity index (χ0n) is 12.2. The van der Waals surface area contributed by atoms with Gasteiger partial charge in [-0.25, -0.2) is 0 Å². The van der Waals surface area contributed by atoms with Crippen LogP contribution >= 0.6 is 15.9 Å². The minimum absolute atomic E-state index is 0.165. The predicted molar refractivity (Wildman–Crippen MR) is 86.6 cm³/mol. The van der Waals surface area contributed by atoms with E-state index in [0.29, 0.717) is 0 Å². The third-order valence-electron chi connectivity index (χ3n) is 5.27. The van der Waals surface area contributed by atoms with Gasteiger partial charge >= 0.3 is 0 Å². The molecule has 2 bridgehead atoms. The zero-order valence-corrected chi connectivity index (χ0v) is 13.8. The van der Waals surface area contributed by atoms with E-state index in [2.05, 4.69) is 57.0 Å². The molecule has 3 nitrogen and oxygen atoms in total. The Bertz CT molecular complexity index is 471. The number of rotatable bonds is 4. The summed E-state index contributed by atoms with van der Waals surface area (Å²) in [4.78, 5) is 5.09.